The maximum atomic E-state index is 12.2. The third kappa shape index (κ3) is 2.92. The number of hydrogen-bond acceptors (Lipinski definition) is 5. The Kier molecular flexibility index (Phi) is 4.02. The molecule has 0 radical (unpaired) electrons. The molecule has 1 aromatic carbocycles. The number of carbonyl (C=O) groups is 1. The zero-order valence-corrected chi connectivity index (χ0v) is 12.4. The molecular formula is C16H18N4O2. The van der Waals surface area contributed by atoms with Gasteiger partial charge >= 0.3 is 0 Å². The fourth-order valence-corrected chi connectivity index (χ4v) is 2.63. The van der Waals surface area contributed by atoms with Gasteiger partial charge in [0.05, 0.1) is 17.9 Å². The highest BCUT2D eigenvalue weighted by atomic mass is 16.5. The molecule has 6 nitrogen and oxygen atoms in total. The molecule has 2 aromatic rings. The van der Waals surface area contributed by atoms with Gasteiger partial charge in [0.15, 0.2) is 0 Å². The van der Waals surface area contributed by atoms with Crippen LogP contribution in [0.4, 0.5) is 5.95 Å². The van der Waals surface area contributed by atoms with Crippen LogP contribution in [0.5, 0.6) is 0 Å². The third-order valence-electron chi connectivity index (χ3n) is 3.78. The number of rotatable bonds is 3. The summed E-state index contributed by atoms with van der Waals surface area (Å²) in [6.07, 6.45) is 2.23. The molecular weight excluding hydrogens is 280 g/mol. The van der Waals surface area contributed by atoms with Crippen molar-refractivity contribution in [2.75, 3.05) is 18.9 Å². The first-order chi connectivity index (χ1) is 10.6. The average molecular weight is 298 g/mol. The summed E-state index contributed by atoms with van der Waals surface area (Å²) in [4.78, 5) is 20.1. The number of carbonyl (C=O) groups excluding carboxylic acids is 1. The molecule has 0 saturated heterocycles. The van der Waals surface area contributed by atoms with Gasteiger partial charge < -0.3 is 15.8 Å². The molecule has 114 valence electrons. The van der Waals surface area contributed by atoms with E-state index in [1.807, 2.05) is 18.2 Å². The number of fused-ring (bicyclic) bond motifs is 1. The molecule has 0 spiro atoms. The van der Waals surface area contributed by atoms with Crippen LogP contribution in [0.15, 0.2) is 30.5 Å². The summed E-state index contributed by atoms with van der Waals surface area (Å²) >= 11 is 0. The number of anilines is 1. The van der Waals surface area contributed by atoms with Crippen molar-refractivity contribution in [3.8, 4) is 0 Å². The van der Waals surface area contributed by atoms with E-state index >= 15 is 0 Å². The van der Waals surface area contributed by atoms with E-state index in [0.717, 1.165) is 12.0 Å². The van der Waals surface area contributed by atoms with Crippen molar-refractivity contribution in [2.24, 2.45) is 0 Å². The Balaban J connectivity index is 1.69. The van der Waals surface area contributed by atoms with Gasteiger partial charge in [-0.25, -0.2) is 9.97 Å². The number of nitrogens with two attached hydrogens (primary N) is 1. The molecule has 0 bridgehead atoms. The summed E-state index contributed by atoms with van der Waals surface area (Å²) < 4.78 is 5.77. The Morgan fingerprint density at radius 1 is 1.45 bits per heavy atom. The van der Waals surface area contributed by atoms with Crippen LogP contribution in [0, 0.1) is 6.92 Å². The second-order valence-corrected chi connectivity index (χ2v) is 5.25. The Bertz CT molecular complexity index is 702. The quantitative estimate of drug-likeness (QED) is 0.894. The molecule has 1 atom stereocenters. The number of nitrogen functional groups attached to an aromatic ring is 1. The highest BCUT2D eigenvalue weighted by Crippen LogP contribution is 2.26. The molecule has 1 aromatic heterocycles. The smallest absolute Gasteiger partial charge is 0.254 e. The van der Waals surface area contributed by atoms with E-state index in [0.29, 0.717) is 24.4 Å². The SMILES string of the molecule is Cc1nc(N)ncc1C(=O)NC[C@@H]1OCCc2ccccc21. The lowest BCUT2D eigenvalue weighted by atomic mass is 9.97. The first-order valence-electron chi connectivity index (χ1n) is 7.22. The molecule has 22 heavy (non-hydrogen) atoms. The van der Waals surface area contributed by atoms with Crippen LogP contribution in [0.2, 0.25) is 0 Å². The van der Waals surface area contributed by atoms with Crippen LogP contribution in [0.3, 0.4) is 0 Å². The summed E-state index contributed by atoms with van der Waals surface area (Å²) in [5.74, 6) is -0.0530. The first-order valence-corrected chi connectivity index (χ1v) is 7.22. The Morgan fingerprint density at radius 2 is 2.27 bits per heavy atom. The van der Waals surface area contributed by atoms with Gasteiger partial charge in [0.25, 0.3) is 5.91 Å². The van der Waals surface area contributed by atoms with E-state index in [2.05, 4.69) is 21.4 Å². The van der Waals surface area contributed by atoms with Crippen molar-refractivity contribution >= 4 is 11.9 Å². The van der Waals surface area contributed by atoms with Crippen molar-refractivity contribution in [3.63, 3.8) is 0 Å². The van der Waals surface area contributed by atoms with Crippen molar-refractivity contribution in [3.05, 3.63) is 52.8 Å². The average Bonchev–Trinajstić information content (AvgIpc) is 2.52. The number of amides is 1. The number of aromatic nitrogens is 2. The number of nitrogens with one attached hydrogen (secondary N) is 1. The molecule has 0 unspecified atom stereocenters. The molecule has 0 fully saturated rings. The zero-order chi connectivity index (χ0) is 15.5. The molecule has 6 heteroatoms. The molecule has 3 rings (SSSR count). The predicted octanol–water partition coefficient (Wildman–Crippen LogP) is 1.41. The van der Waals surface area contributed by atoms with Gasteiger partial charge in [0.2, 0.25) is 5.95 Å². The summed E-state index contributed by atoms with van der Waals surface area (Å²) in [6.45, 7) is 2.82. The summed E-state index contributed by atoms with van der Waals surface area (Å²) in [5, 5.41) is 2.89. The molecule has 1 aliphatic heterocycles. The number of ether oxygens (including phenoxy) is 1. The molecule has 0 saturated carbocycles. The number of benzene rings is 1. The van der Waals surface area contributed by atoms with E-state index in [1.165, 1.54) is 11.8 Å². The molecule has 0 aliphatic carbocycles. The minimum absolute atomic E-state index is 0.121. The van der Waals surface area contributed by atoms with Gasteiger partial charge in [-0.1, -0.05) is 24.3 Å². The first kappa shape index (κ1) is 14.5. The molecule has 1 aliphatic rings. The van der Waals surface area contributed by atoms with E-state index in [1.54, 1.807) is 6.92 Å². The minimum atomic E-state index is -0.218. The van der Waals surface area contributed by atoms with Crippen LogP contribution >= 0.6 is 0 Å². The number of aryl methyl sites for hydroxylation is 1. The van der Waals surface area contributed by atoms with Gasteiger partial charge in [-0.05, 0) is 24.5 Å². The monoisotopic (exact) mass is 298 g/mol. The second-order valence-electron chi connectivity index (χ2n) is 5.25. The fraction of sp³-hybridized carbons (Fsp3) is 0.312. The van der Waals surface area contributed by atoms with E-state index < -0.39 is 0 Å². The Hall–Kier alpha value is -2.47. The van der Waals surface area contributed by atoms with Crippen LogP contribution in [-0.2, 0) is 11.2 Å². The molecule has 2 heterocycles. The Labute approximate surface area is 128 Å². The fourth-order valence-electron chi connectivity index (χ4n) is 2.63. The maximum absolute atomic E-state index is 12.2. The van der Waals surface area contributed by atoms with Crippen molar-refractivity contribution in [2.45, 2.75) is 19.4 Å². The lowest BCUT2D eigenvalue weighted by Crippen LogP contribution is -2.32. The topological polar surface area (TPSA) is 90.1 Å². The third-order valence-corrected chi connectivity index (χ3v) is 3.78. The standard InChI is InChI=1S/C16H18N4O2/c1-10-13(8-19-16(17)20-10)15(21)18-9-14-12-5-3-2-4-11(12)6-7-22-14/h2-5,8,14H,6-7,9H2,1H3,(H,18,21)(H2,17,19,20)/t14-/m0/s1. The van der Waals surface area contributed by atoms with Crippen LogP contribution in [0.25, 0.3) is 0 Å². The lowest BCUT2D eigenvalue weighted by Gasteiger charge is -2.26. The highest BCUT2D eigenvalue weighted by molar-refractivity contribution is 5.95. The van der Waals surface area contributed by atoms with E-state index in [4.69, 9.17) is 10.5 Å². The van der Waals surface area contributed by atoms with Gasteiger partial charge in [0.1, 0.15) is 6.10 Å². The van der Waals surface area contributed by atoms with Gasteiger partial charge in [-0.3, -0.25) is 4.79 Å². The predicted molar refractivity (Wildman–Crippen MR) is 82.4 cm³/mol. The lowest BCUT2D eigenvalue weighted by molar-refractivity contribution is 0.0411. The normalized spacial score (nSPS) is 16.9. The number of nitrogens with zero attached hydrogens (tertiary/aromatic N) is 2. The van der Waals surface area contributed by atoms with Gasteiger partial charge in [-0.2, -0.15) is 0 Å². The summed E-state index contributed by atoms with van der Waals surface area (Å²) in [5.41, 5.74) is 8.91. The van der Waals surface area contributed by atoms with E-state index in [-0.39, 0.29) is 18.0 Å². The van der Waals surface area contributed by atoms with Crippen molar-refractivity contribution in [1.82, 2.24) is 15.3 Å². The second kappa shape index (κ2) is 6.11. The summed E-state index contributed by atoms with van der Waals surface area (Å²) in [7, 11) is 0. The van der Waals surface area contributed by atoms with Crippen molar-refractivity contribution in [1.29, 1.82) is 0 Å². The van der Waals surface area contributed by atoms with Crippen molar-refractivity contribution < 1.29 is 9.53 Å². The van der Waals surface area contributed by atoms with Crippen LogP contribution in [0.1, 0.15) is 33.3 Å². The van der Waals surface area contributed by atoms with Gasteiger partial charge in [-0.15, -0.1) is 0 Å². The maximum Gasteiger partial charge on any atom is 0.254 e. The molecule has 3 N–H and O–H groups in total. The highest BCUT2D eigenvalue weighted by Gasteiger charge is 2.21. The minimum Gasteiger partial charge on any atom is -0.371 e. The molecule has 1 amide bonds. The number of hydrogen-bond donors (Lipinski definition) is 2. The zero-order valence-electron chi connectivity index (χ0n) is 12.4. The van der Waals surface area contributed by atoms with E-state index in [9.17, 15) is 4.79 Å². The van der Waals surface area contributed by atoms with Gasteiger partial charge in [0, 0.05) is 12.7 Å². The summed E-state index contributed by atoms with van der Waals surface area (Å²) in [6, 6.07) is 8.16. The van der Waals surface area contributed by atoms with Crippen LogP contribution < -0.4 is 11.1 Å². The van der Waals surface area contributed by atoms with Crippen LogP contribution in [-0.4, -0.2) is 29.0 Å². The largest absolute Gasteiger partial charge is 0.371 e. The Morgan fingerprint density at radius 3 is 3.09 bits per heavy atom.